The van der Waals surface area contributed by atoms with Crippen molar-refractivity contribution in [1.29, 1.82) is 0 Å². The molecule has 0 amide bonds. The maximum absolute atomic E-state index is 2.46. The number of hydrogen-bond acceptors (Lipinski definition) is 0. The van der Waals surface area contributed by atoms with Gasteiger partial charge in [-0.3, -0.25) is 0 Å². The van der Waals surface area contributed by atoms with E-state index in [-0.39, 0.29) is 0 Å². The van der Waals surface area contributed by atoms with Gasteiger partial charge in [0.05, 0.1) is 0 Å². The Kier molecular flexibility index (Phi) is 7.03. The molecule has 1 aliphatic carbocycles. The highest BCUT2D eigenvalue weighted by Gasteiger charge is 2.10. The molecule has 148 valence electrons. The Labute approximate surface area is 171 Å². The molecule has 0 bridgehead atoms. The lowest BCUT2D eigenvalue weighted by molar-refractivity contribution is 0.537. The van der Waals surface area contributed by atoms with Gasteiger partial charge in [0.25, 0.3) is 0 Å². The third-order valence-corrected chi connectivity index (χ3v) is 6.72. The van der Waals surface area contributed by atoms with Gasteiger partial charge in [0.2, 0.25) is 0 Å². The highest BCUT2D eigenvalue weighted by molar-refractivity contribution is 6.00. The minimum absolute atomic E-state index is 1.25. The number of benzene rings is 3. The number of fused-ring (bicyclic) bond motifs is 4. The second-order valence-corrected chi connectivity index (χ2v) is 8.87. The molecular weight excluding hydrogens is 336 g/mol. The van der Waals surface area contributed by atoms with Crippen LogP contribution < -0.4 is 0 Å². The molecule has 3 aromatic carbocycles. The summed E-state index contributed by atoms with van der Waals surface area (Å²) in [6, 6.07) is 18.5. The topological polar surface area (TPSA) is 0 Å². The van der Waals surface area contributed by atoms with E-state index < -0.39 is 0 Å². The zero-order valence-electron chi connectivity index (χ0n) is 17.5. The third kappa shape index (κ3) is 4.96. The summed E-state index contributed by atoms with van der Waals surface area (Å²) in [5, 5.41) is 5.68. The summed E-state index contributed by atoms with van der Waals surface area (Å²) in [6.07, 6.45) is 19.6. The van der Waals surface area contributed by atoms with Crippen LogP contribution in [-0.2, 0) is 12.8 Å². The molecule has 0 N–H and O–H groups in total. The first-order valence-corrected chi connectivity index (χ1v) is 11.8. The molecule has 0 radical (unpaired) electrons. The van der Waals surface area contributed by atoms with Crippen LogP contribution in [0.3, 0.4) is 0 Å². The fourth-order valence-electron chi connectivity index (χ4n) is 5.04. The van der Waals surface area contributed by atoms with Crippen molar-refractivity contribution in [2.24, 2.45) is 0 Å². The average Bonchev–Trinajstić information content (AvgIpc) is 2.72. The average molecular weight is 373 g/mol. The fourth-order valence-corrected chi connectivity index (χ4v) is 5.04. The van der Waals surface area contributed by atoms with Crippen LogP contribution in [0.1, 0.15) is 88.2 Å². The summed E-state index contributed by atoms with van der Waals surface area (Å²) >= 11 is 0. The number of aryl methyl sites for hydroxylation is 2. The molecule has 0 saturated carbocycles. The maximum atomic E-state index is 2.46. The zero-order chi connectivity index (χ0) is 19.0. The van der Waals surface area contributed by atoms with E-state index in [1.165, 1.54) is 111 Å². The summed E-state index contributed by atoms with van der Waals surface area (Å²) in [4.78, 5) is 0. The molecule has 0 aromatic heterocycles. The Morgan fingerprint density at radius 2 is 0.964 bits per heavy atom. The Bertz CT molecular complexity index is 889. The van der Waals surface area contributed by atoms with Crippen molar-refractivity contribution in [3.05, 3.63) is 59.7 Å². The lowest BCUT2D eigenvalue weighted by atomic mass is 9.90. The van der Waals surface area contributed by atoms with Crippen molar-refractivity contribution < 1.29 is 0 Å². The number of rotatable bonds is 0. The Morgan fingerprint density at radius 1 is 0.429 bits per heavy atom. The van der Waals surface area contributed by atoms with Crippen molar-refractivity contribution in [2.75, 3.05) is 0 Å². The second-order valence-electron chi connectivity index (χ2n) is 8.87. The van der Waals surface area contributed by atoms with Crippen LogP contribution in [0.5, 0.6) is 0 Å². The second kappa shape index (κ2) is 10.1. The van der Waals surface area contributed by atoms with Crippen molar-refractivity contribution in [3.8, 4) is 0 Å². The first-order valence-electron chi connectivity index (χ1n) is 11.8. The Hall–Kier alpha value is -1.82. The van der Waals surface area contributed by atoms with Gasteiger partial charge in [0, 0.05) is 0 Å². The van der Waals surface area contributed by atoms with Crippen LogP contribution in [0.15, 0.2) is 48.5 Å². The Balaban J connectivity index is 1.62. The van der Waals surface area contributed by atoms with Gasteiger partial charge in [-0.25, -0.2) is 0 Å². The lowest BCUT2D eigenvalue weighted by Gasteiger charge is -2.15. The minimum atomic E-state index is 1.25. The van der Waals surface area contributed by atoms with Crippen molar-refractivity contribution in [1.82, 2.24) is 0 Å². The van der Waals surface area contributed by atoms with Gasteiger partial charge in [-0.15, -0.1) is 0 Å². The lowest BCUT2D eigenvalue weighted by Crippen LogP contribution is -1.98. The molecule has 0 saturated heterocycles. The van der Waals surface area contributed by atoms with E-state index in [0.29, 0.717) is 0 Å². The summed E-state index contributed by atoms with van der Waals surface area (Å²) in [7, 11) is 0. The van der Waals surface area contributed by atoms with E-state index in [1.807, 2.05) is 0 Å². The van der Waals surface area contributed by atoms with E-state index in [2.05, 4.69) is 48.5 Å². The summed E-state index contributed by atoms with van der Waals surface area (Å²) in [5.74, 6) is 0. The van der Waals surface area contributed by atoms with Gasteiger partial charge in [-0.1, -0.05) is 101 Å². The fraction of sp³-hybridized carbons (Fsp3) is 0.500. The van der Waals surface area contributed by atoms with Gasteiger partial charge in [-0.05, 0) is 70.5 Å². The summed E-state index contributed by atoms with van der Waals surface area (Å²) in [5.41, 5.74) is 3.27. The first-order chi connectivity index (χ1) is 13.9. The van der Waals surface area contributed by atoms with Gasteiger partial charge in [0.1, 0.15) is 0 Å². The van der Waals surface area contributed by atoms with Crippen LogP contribution >= 0.6 is 0 Å². The van der Waals surface area contributed by atoms with Crippen LogP contribution in [0.2, 0.25) is 0 Å². The summed E-state index contributed by atoms with van der Waals surface area (Å²) < 4.78 is 0. The van der Waals surface area contributed by atoms with Crippen molar-refractivity contribution in [2.45, 2.75) is 89.9 Å². The molecule has 0 heteroatoms. The first kappa shape index (κ1) is 19.5. The highest BCUT2D eigenvalue weighted by atomic mass is 14.1. The van der Waals surface area contributed by atoms with Crippen LogP contribution in [0, 0.1) is 0 Å². The molecule has 0 nitrogen and oxygen atoms in total. The predicted molar refractivity (Wildman–Crippen MR) is 124 cm³/mol. The Morgan fingerprint density at radius 3 is 1.61 bits per heavy atom. The molecule has 1 aliphatic rings. The van der Waals surface area contributed by atoms with Crippen LogP contribution in [-0.4, -0.2) is 0 Å². The van der Waals surface area contributed by atoms with Gasteiger partial charge in [-0.2, -0.15) is 0 Å². The van der Waals surface area contributed by atoms with E-state index in [4.69, 9.17) is 0 Å². The van der Waals surface area contributed by atoms with Crippen LogP contribution in [0.25, 0.3) is 21.5 Å². The standard InChI is InChI=1S/C28H36/c1-2-4-6-8-10-12-18-27-23(15-11-9-7-5-3-1)19-20-26-21-24-16-13-14-17-25(24)22-28(26)27/h13-14,16-17,19-22H,1-12,15,18H2. The number of hydrogen-bond donors (Lipinski definition) is 0. The van der Waals surface area contributed by atoms with E-state index in [9.17, 15) is 0 Å². The normalized spacial score (nSPS) is 18.1. The van der Waals surface area contributed by atoms with Crippen LogP contribution in [0.4, 0.5) is 0 Å². The largest absolute Gasteiger partial charge is 0.0616 e. The molecule has 28 heavy (non-hydrogen) atoms. The minimum Gasteiger partial charge on any atom is -0.0616 e. The molecular formula is C28H36. The van der Waals surface area contributed by atoms with E-state index >= 15 is 0 Å². The molecule has 3 aromatic rings. The van der Waals surface area contributed by atoms with Gasteiger partial charge < -0.3 is 0 Å². The highest BCUT2D eigenvalue weighted by Crippen LogP contribution is 2.30. The molecule has 0 fully saturated rings. The molecule has 0 aliphatic heterocycles. The molecule has 0 heterocycles. The summed E-state index contributed by atoms with van der Waals surface area (Å²) in [6.45, 7) is 0. The smallest absolute Gasteiger partial charge is 0.0143 e. The van der Waals surface area contributed by atoms with Gasteiger partial charge in [0.15, 0.2) is 0 Å². The molecule has 4 rings (SSSR count). The third-order valence-electron chi connectivity index (χ3n) is 6.72. The van der Waals surface area contributed by atoms with Crippen molar-refractivity contribution in [3.63, 3.8) is 0 Å². The molecule has 0 atom stereocenters. The van der Waals surface area contributed by atoms with Crippen molar-refractivity contribution >= 4 is 21.5 Å². The monoisotopic (exact) mass is 372 g/mol. The van der Waals surface area contributed by atoms with Gasteiger partial charge >= 0.3 is 0 Å². The van der Waals surface area contributed by atoms with E-state index in [1.54, 1.807) is 11.1 Å². The quantitative estimate of drug-likeness (QED) is 0.346. The predicted octanol–water partition coefficient (Wildman–Crippen LogP) is 8.77. The maximum Gasteiger partial charge on any atom is -0.0143 e. The van der Waals surface area contributed by atoms with E-state index in [0.717, 1.165) is 0 Å². The molecule has 0 spiro atoms. The SMILES string of the molecule is c1ccc2cc3c4c(ccc3cc2c1)CCCCCCCCCCCCCC4. The molecule has 0 unspecified atom stereocenters. The zero-order valence-corrected chi connectivity index (χ0v) is 17.5.